The van der Waals surface area contributed by atoms with Gasteiger partial charge in [0.2, 0.25) is 0 Å². The van der Waals surface area contributed by atoms with Crippen molar-refractivity contribution in [1.82, 2.24) is 10.3 Å². The first kappa shape index (κ1) is 8.98. The number of piperidine rings is 1. The van der Waals surface area contributed by atoms with E-state index in [0.717, 1.165) is 6.54 Å². The molecule has 0 aliphatic carbocycles. The Bertz CT molecular complexity index is 452. The Kier molecular flexibility index (Phi) is 2.22. The first-order valence-electron chi connectivity index (χ1n) is 5.72. The molecule has 0 amide bonds. The quantitative estimate of drug-likeness (QED) is 0.727. The minimum absolute atomic E-state index is 0.682. The van der Waals surface area contributed by atoms with E-state index in [1.54, 1.807) is 0 Å². The molecule has 0 radical (unpaired) electrons. The summed E-state index contributed by atoms with van der Waals surface area (Å²) < 4.78 is 0. The number of hydrogen-bond acceptors (Lipinski definition) is 1. The highest BCUT2D eigenvalue weighted by Crippen LogP contribution is 2.28. The number of H-pyrrole nitrogens is 1. The number of para-hydroxylation sites is 1. The summed E-state index contributed by atoms with van der Waals surface area (Å²) in [5, 5.41) is 4.81. The summed E-state index contributed by atoms with van der Waals surface area (Å²) in [6.07, 6.45) is 4.64. The molecule has 0 saturated carbocycles. The highest BCUT2D eigenvalue weighted by molar-refractivity contribution is 5.83. The van der Waals surface area contributed by atoms with E-state index in [9.17, 15) is 0 Å². The van der Waals surface area contributed by atoms with Gasteiger partial charge in [0.05, 0.1) is 0 Å². The molecule has 1 atom stereocenters. The van der Waals surface area contributed by atoms with Crippen molar-refractivity contribution in [2.45, 2.75) is 18.8 Å². The molecule has 1 fully saturated rings. The van der Waals surface area contributed by atoms with Crippen LogP contribution in [0.15, 0.2) is 30.5 Å². The van der Waals surface area contributed by atoms with Crippen molar-refractivity contribution >= 4 is 10.9 Å². The van der Waals surface area contributed by atoms with Crippen molar-refractivity contribution in [3.8, 4) is 0 Å². The topological polar surface area (TPSA) is 27.8 Å². The summed E-state index contributed by atoms with van der Waals surface area (Å²) >= 11 is 0. The first-order valence-corrected chi connectivity index (χ1v) is 5.72. The van der Waals surface area contributed by atoms with Crippen LogP contribution >= 0.6 is 0 Å². The zero-order chi connectivity index (χ0) is 10.1. The molecule has 0 bridgehead atoms. The molecule has 2 N–H and O–H groups in total. The zero-order valence-electron chi connectivity index (χ0n) is 8.79. The number of rotatable bonds is 1. The normalized spacial score (nSPS) is 22.0. The van der Waals surface area contributed by atoms with Gasteiger partial charge in [0.1, 0.15) is 0 Å². The Morgan fingerprint density at radius 3 is 3.07 bits per heavy atom. The van der Waals surface area contributed by atoms with Gasteiger partial charge in [-0.3, -0.25) is 0 Å². The summed E-state index contributed by atoms with van der Waals surface area (Å²) in [6, 6.07) is 8.75. The van der Waals surface area contributed by atoms with E-state index in [2.05, 4.69) is 34.6 Å². The molecule has 2 heteroatoms. The van der Waals surface area contributed by atoms with Gasteiger partial charge in [0.15, 0.2) is 0 Å². The van der Waals surface area contributed by atoms with Crippen molar-refractivity contribution in [2.24, 2.45) is 0 Å². The third-order valence-electron chi connectivity index (χ3n) is 3.36. The SMILES string of the molecule is c1cc(C2CCCNC2)c2[nH]ccc2c1. The Balaban J connectivity index is 2.05. The van der Waals surface area contributed by atoms with Crippen LogP contribution in [0.1, 0.15) is 24.3 Å². The maximum atomic E-state index is 3.48. The Morgan fingerprint density at radius 1 is 1.20 bits per heavy atom. The average Bonchev–Trinajstić information content (AvgIpc) is 2.78. The highest BCUT2D eigenvalue weighted by Gasteiger charge is 2.17. The maximum absolute atomic E-state index is 3.48. The van der Waals surface area contributed by atoms with Gasteiger partial charge in [0.25, 0.3) is 0 Å². The average molecular weight is 200 g/mol. The number of nitrogens with one attached hydrogen (secondary N) is 2. The summed E-state index contributed by atoms with van der Waals surface area (Å²) in [4.78, 5) is 3.36. The van der Waals surface area contributed by atoms with Crippen molar-refractivity contribution in [3.63, 3.8) is 0 Å². The molecule has 2 aromatic rings. The minimum atomic E-state index is 0.682. The van der Waals surface area contributed by atoms with Crippen LogP contribution in [-0.4, -0.2) is 18.1 Å². The third kappa shape index (κ3) is 1.55. The number of hydrogen-bond donors (Lipinski definition) is 2. The monoisotopic (exact) mass is 200 g/mol. The van der Waals surface area contributed by atoms with Crippen LogP contribution in [0, 0.1) is 0 Å². The van der Waals surface area contributed by atoms with Crippen molar-refractivity contribution in [1.29, 1.82) is 0 Å². The molecule has 1 saturated heterocycles. The predicted octanol–water partition coefficient (Wildman–Crippen LogP) is 2.63. The van der Waals surface area contributed by atoms with E-state index >= 15 is 0 Å². The number of aromatic amines is 1. The van der Waals surface area contributed by atoms with Crippen LogP contribution in [0.5, 0.6) is 0 Å². The second-order valence-electron chi connectivity index (χ2n) is 4.33. The fraction of sp³-hybridized carbons (Fsp3) is 0.385. The maximum Gasteiger partial charge on any atom is 0.0489 e. The van der Waals surface area contributed by atoms with Gasteiger partial charge in [-0.1, -0.05) is 18.2 Å². The molecule has 1 aromatic heterocycles. The summed E-state index contributed by atoms with van der Waals surface area (Å²) in [5.41, 5.74) is 2.80. The van der Waals surface area contributed by atoms with Crippen LogP contribution in [-0.2, 0) is 0 Å². The lowest BCUT2D eigenvalue weighted by Crippen LogP contribution is -2.28. The molecule has 78 valence electrons. The van der Waals surface area contributed by atoms with Crippen molar-refractivity contribution < 1.29 is 0 Å². The second-order valence-corrected chi connectivity index (χ2v) is 4.33. The van der Waals surface area contributed by atoms with Crippen LogP contribution in [0.25, 0.3) is 10.9 Å². The molecule has 2 heterocycles. The molecule has 1 aromatic carbocycles. The molecular weight excluding hydrogens is 184 g/mol. The first-order chi connectivity index (χ1) is 7.45. The predicted molar refractivity (Wildman–Crippen MR) is 63.1 cm³/mol. The number of benzene rings is 1. The van der Waals surface area contributed by atoms with Crippen molar-refractivity contribution in [2.75, 3.05) is 13.1 Å². The fourth-order valence-corrected chi connectivity index (χ4v) is 2.57. The third-order valence-corrected chi connectivity index (χ3v) is 3.36. The molecule has 1 aliphatic rings. The van der Waals surface area contributed by atoms with Gasteiger partial charge in [-0.05, 0) is 42.3 Å². The Labute approximate surface area is 89.7 Å². The van der Waals surface area contributed by atoms with Crippen LogP contribution in [0.4, 0.5) is 0 Å². The lowest BCUT2D eigenvalue weighted by Gasteiger charge is -2.23. The van der Waals surface area contributed by atoms with E-state index in [-0.39, 0.29) is 0 Å². The smallest absolute Gasteiger partial charge is 0.0489 e. The van der Waals surface area contributed by atoms with Gasteiger partial charge in [0, 0.05) is 18.3 Å². The Hall–Kier alpha value is -1.28. The molecule has 1 unspecified atom stereocenters. The van der Waals surface area contributed by atoms with E-state index in [1.807, 2.05) is 6.20 Å². The van der Waals surface area contributed by atoms with Crippen LogP contribution < -0.4 is 5.32 Å². The molecule has 15 heavy (non-hydrogen) atoms. The van der Waals surface area contributed by atoms with E-state index in [0.29, 0.717) is 5.92 Å². The molecule has 3 rings (SSSR count). The van der Waals surface area contributed by atoms with E-state index in [4.69, 9.17) is 0 Å². The van der Waals surface area contributed by atoms with Crippen LogP contribution in [0.3, 0.4) is 0 Å². The highest BCUT2D eigenvalue weighted by atomic mass is 14.9. The van der Waals surface area contributed by atoms with Gasteiger partial charge < -0.3 is 10.3 Å². The van der Waals surface area contributed by atoms with E-state index < -0.39 is 0 Å². The lowest BCUT2D eigenvalue weighted by atomic mass is 9.90. The standard InChI is InChI=1S/C13H16N2/c1-3-10-6-8-15-13(10)12(5-1)11-4-2-7-14-9-11/h1,3,5-6,8,11,14-15H,2,4,7,9H2. The van der Waals surface area contributed by atoms with Gasteiger partial charge in [-0.25, -0.2) is 0 Å². The van der Waals surface area contributed by atoms with Gasteiger partial charge in [-0.2, -0.15) is 0 Å². The molecular formula is C13H16N2. The molecule has 2 nitrogen and oxygen atoms in total. The largest absolute Gasteiger partial charge is 0.361 e. The fourth-order valence-electron chi connectivity index (χ4n) is 2.57. The number of aromatic nitrogens is 1. The lowest BCUT2D eigenvalue weighted by molar-refractivity contribution is 0.463. The van der Waals surface area contributed by atoms with Gasteiger partial charge in [-0.15, -0.1) is 0 Å². The van der Waals surface area contributed by atoms with Crippen molar-refractivity contribution in [3.05, 3.63) is 36.0 Å². The summed E-state index contributed by atoms with van der Waals surface area (Å²) in [5.74, 6) is 0.682. The molecule has 1 aliphatic heterocycles. The summed E-state index contributed by atoms with van der Waals surface area (Å²) in [6.45, 7) is 2.30. The molecule has 0 spiro atoms. The Morgan fingerprint density at radius 2 is 2.20 bits per heavy atom. The van der Waals surface area contributed by atoms with E-state index in [1.165, 1.54) is 35.9 Å². The summed E-state index contributed by atoms with van der Waals surface area (Å²) in [7, 11) is 0. The zero-order valence-corrected chi connectivity index (χ0v) is 8.79. The van der Waals surface area contributed by atoms with Gasteiger partial charge >= 0.3 is 0 Å². The second kappa shape index (κ2) is 3.70. The van der Waals surface area contributed by atoms with Crippen LogP contribution in [0.2, 0.25) is 0 Å². The number of fused-ring (bicyclic) bond motifs is 1. The minimum Gasteiger partial charge on any atom is -0.361 e.